The lowest BCUT2D eigenvalue weighted by atomic mass is 10.1. The van der Waals surface area contributed by atoms with Crippen molar-refractivity contribution in [2.24, 2.45) is 5.84 Å². The van der Waals surface area contributed by atoms with Crippen LogP contribution in [0.4, 0.5) is 0 Å². The van der Waals surface area contributed by atoms with E-state index in [1.807, 2.05) is 12.1 Å². The maximum absolute atomic E-state index is 11.2. The standard InChI is InChI=1S/C16H25N3O2/c1-19(12-15-4-2-3-9-21-15)11-14-7-5-13(6-8-14)10-16(20)18-17/h5-8,15H,2-4,9-12,17H2,1H3,(H,18,20). The van der Waals surface area contributed by atoms with Crippen LogP contribution in [0.2, 0.25) is 0 Å². The Morgan fingerprint density at radius 1 is 1.33 bits per heavy atom. The number of nitrogens with two attached hydrogens (primary N) is 1. The zero-order valence-electron chi connectivity index (χ0n) is 12.7. The number of carbonyl (C=O) groups is 1. The number of benzene rings is 1. The summed E-state index contributed by atoms with van der Waals surface area (Å²) in [5.41, 5.74) is 4.36. The molecule has 3 N–H and O–H groups in total. The number of rotatable bonds is 6. The van der Waals surface area contributed by atoms with Crippen LogP contribution < -0.4 is 11.3 Å². The molecule has 1 unspecified atom stereocenters. The quantitative estimate of drug-likeness (QED) is 0.470. The molecule has 1 aliphatic rings. The molecule has 1 fully saturated rings. The van der Waals surface area contributed by atoms with Gasteiger partial charge in [-0.15, -0.1) is 0 Å². The van der Waals surface area contributed by atoms with Gasteiger partial charge in [-0.05, 0) is 37.4 Å². The molecular weight excluding hydrogens is 266 g/mol. The third-order valence-electron chi connectivity index (χ3n) is 3.79. The number of amides is 1. The SMILES string of the molecule is CN(Cc1ccc(CC(=O)NN)cc1)CC1CCCCO1. The minimum absolute atomic E-state index is 0.172. The number of ether oxygens (including phenoxy) is 1. The smallest absolute Gasteiger partial charge is 0.238 e. The number of nitrogens with one attached hydrogen (secondary N) is 1. The summed E-state index contributed by atoms with van der Waals surface area (Å²) in [7, 11) is 2.12. The molecule has 5 nitrogen and oxygen atoms in total. The van der Waals surface area contributed by atoms with Gasteiger partial charge in [0.15, 0.2) is 0 Å². The minimum atomic E-state index is -0.172. The van der Waals surface area contributed by atoms with E-state index in [-0.39, 0.29) is 5.91 Å². The number of hydrogen-bond acceptors (Lipinski definition) is 4. The molecule has 2 rings (SSSR count). The van der Waals surface area contributed by atoms with Crippen LogP contribution in [0.5, 0.6) is 0 Å². The predicted molar refractivity (Wildman–Crippen MR) is 82.4 cm³/mol. The second-order valence-corrected chi connectivity index (χ2v) is 5.75. The average molecular weight is 291 g/mol. The molecule has 1 heterocycles. The van der Waals surface area contributed by atoms with Gasteiger partial charge in [-0.1, -0.05) is 24.3 Å². The molecule has 0 bridgehead atoms. The fourth-order valence-corrected chi connectivity index (χ4v) is 2.67. The van der Waals surface area contributed by atoms with Gasteiger partial charge in [0.1, 0.15) is 0 Å². The molecule has 116 valence electrons. The van der Waals surface area contributed by atoms with Gasteiger partial charge in [0.2, 0.25) is 5.91 Å². The van der Waals surface area contributed by atoms with E-state index in [0.29, 0.717) is 12.5 Å². The summed E-state index contributed by atoms with van der Waals surface area (Å²) < 4.78 is 5.76. The van der Waals surface area contributed by atoms with E-state index >= 15 is 0 Å². The molecule has 0 radical (unpaired) electrons. The van der Waals surface area contributed by atoms with Gasteiger partial charge < -0.3 is 4.74 Å². The highest BCUT2D eigenvalue weighted by atomic mass is 16.5. The molecule has 1 atom stereocenters. The molecule has 21 heavy (non-hydrogen) atoms. The summed E-state index contributed by atoms with van der Waals surface area (Å²) in [6.45, 7) is 2.76. The van der Waals surface area contributed by atoms with E-state index in [2.05, 4.69) is 29.5 Å². The second-order valence-electron chi connectivity index (χ2n) is 5.75. The maximum Gasteiger partial charge on any atom is 0.238 e. The van der Waals surface area contributed by atoms with E-state index in [0.717, 1.165) is 31.7 Å². The lowest BCUT2D eigenvalue weighted by Gasteiger charge is -2.27. The molecule has 1 aromatic rings. The Morgan fingerprint density at radius 2 is 2.05 bits per heavy atom. The summed E-state index contributed by atoms with van der Waals surface area (Å²) >= 11 is 0. The van der Waals surface area contributed by atoms with Crippen molar-refractivity contribution in [3.8, 4) is 0 Å². The molecule has 0 saturated carbocycles. The van der Waals surface area contributed by atoms with E-state index in [1.54, 1.807) is 0 Å². The van der Waals surface area contributed by atoms with Crippen LogP contribution in [0.1, 0.15) is 30.4 Å². The lowest BCUT2D eigenvalue weighted by Crippen LogP contribution is -2.33. The first-order valence-electron chi connectivity index (χ1n) is 7.55. The summed E-state index contributed by atoms with van der Waals surface area (Å²) in [4.78, 5) is 13.5. The Morgan fingerprint density at radius 3 is 2.67 bits per heavy atom. The first-order valence-corrected chi connectivity index (χ1v) is 7.55. The summed E-state index contributed by atoms with van der Waals surface area (Å²) in [5.74, 6) is 4.91. The van der Waals surface area contributed by atoms with Gasteiger partial charge in [-0.2, -0.15) is 0 Å². The molecule has 0 aromatic heterocycles. The van der Waals surface area contributed by atoms with Crippen molar-refractivity contribution in [2.75, 3.05) is 20.2 Å². The highest BCUT2D eigenvalue weighted by molar-refractivity contribution is 5.77. The number of hydrogen-bond donors (Lipinski definition) is 2. The van der Waals surface area contributed by atoms with Crippen LogP contribution >= 0.6 is 0 Å². The zero-order valence-corrected chi connectivity index (χ0v) is 12.7. The first-order chi connectivity index (χ1) is 10.2. The van der Waals surface area contributed by atoms with Crippen molar-refractivity contribution >= 4 is 5.91 Å². The Labute approximate surface area is 126 Å². The van der Waals surface area contributed by atoms with Crippen molar-refractivity contribution in [3.63, 3.8) is 0 Å². The highest BCUT2D eigenvalue weighted by Crippen LogP contribution is 2.15. The van der Waals surface area contributed by atoms with Crippen LogP contribution in [-0.2, 0) is 22.5 Å². The Hall–Kier alpha value is -1.43. The average Bonchev–Trinajstić information content (AvgIpc) is 2.50. The number of likely N-dealkylation sites (N-methyl/N-ethyl adjacent to an activating group) is 1. The van der Waals surface area contributed by atoms with E-state index in [4.69, 9.17) is 10.6 Å². The Balaban J connectivity index is 1.80. The van der Waals surface area contributed by atoms with Crippen molar-refractivity contribution < 1.29 is 9.53 Å². The van der Waals surface area contributed by atoms with Crippen LogP contribution in [0.25, 0.3) is 0 Å². The van der Waals surface area contributed by atoms with E-state index in [1.165, 1.54) is 18.4 Å². The summed E-state index contributed by atoms with van der Waals surface area (Å²) in [5, 5.41) is 0. The van der Waals surface area contributed by atoms with Gasteiger partial charge in [-0.3, -0.25) is 15.1 Å². The van der Waals surface area contributed by atoms with Crippen molar-refractivity contribution in [1.82, 2.24) is 10.3 Å². The van der Waals surface area contributed by atoms with Gasteiger partial charge in [-0.25, -0.2) is 5.84 Å². The van der Waals surface area contributed by atoms with Crippen molar-refractivity contribution in [1.29, 1.82) is 0 Å². The first kappa shape index (κ1) is 15.9. The fraction of sp³-hybridized carbons (Fsp3) is 0.562. The fourth-order valence-electron chi connectivity index (χ4n) is 2.67. The van der Waals surface area contributed by atoms with Crippen LogP contribution in [-0.4, -0.2) is 37.1 Å². The van der Waals surface area contributed by atoms with E-state index in [9.17, 15) is 4.79 Å². The van der Waals surface area contributed by atoms with Crippen molar-refractivity contribution in [3.05, 3.63) is 35.4 Å². The predicted octanol–water partition coefficient (Wildman–Crippen LogP) is 1.22. The zero-order chi connectivity index (χ0) is 15.1. The molecule has 1 saturated heterocycles. The molecule has 1 aromatic carbocycles. The topological polar surface area (TPSA) is 67.6 Å². The van der Waals surface area contributed by atoms with E-state index < -0.39 is 0 Å². The monoisotopic (exact) mass is 291 g/mol. The van der Waals surface area contributed by atoms with Gasteiger partial charge in [0, 0.05) is 19.7 Å². The summed E-state index contributed by atoms with van der Waals surface area (Å²) in [6.07, 6.45) is 4.32. The van der Waals surface area contributed by atoms with Crippen LogP contribution in [0.15, 0.2) is 24.3 Å². The van der Waals surface area contributed by atoms with Crippen molar-refractivity contribution in [2.45, 2.75) is 38.3 Å². The third-order valence-corrected chi connectivity index (χ3v) is 3.79. The minimum Gasteiger partial charge on any atom is -0.377 e. The normalized spacial score (nSPS) is 18.7. The number of hydrazine groups is 1. The Bertz CT molecular complexity index is 441. The molecule has 1 amide bonds. The largest absolute Gasteiger partial charge is 0.377 e. The highest BCUT2D eigenvalue weighted by Gasteiger charge is 2.15. The molecule has 1 aliphatic heterocycles. The molecular formula is C16H25N3O2. The van der Waals surface area contributed by atoms with Crippen LogP contribution in [0.3, 0.4) is 0 Å². The third kappa shape index (κ3) is 5.46. The second kappa shape index (κ2) is 8.12. The summed E-state index contributed by atoms with van der Waals surface area (Å²) in [6, 6.07) is 8.10. The molecule has 0 spiro atoms. The van der Waals surface area contributed by atoms with Gasteiger partial charge in [0.05, 0.1) is 12.5 Å². The molecule has 0 aliphatic carbocycles. The number of nitrogens with zero attached hydrogens (tertiary/aromatic N) is 1. The lowest BCUT2D eigenvalue weighted by molar-refractivity contribution is -0.120. The van der Waals surface area contributed by atoms with Gasteiger partial charge >= 0.3 is 0 Å². The molecule has 5 heteroatoms. The number of carbonyl (C=O) groups excluding carboxylic acids is 1. The maximum atomic E-state index is 11.2. The van der Waals surface area contributed by atoms with Gasteiger partial charge in [0.25, 0.3) is 0 Å². The van der Waals surface area contributed by atoms with Crippen LogP contribution in [0, 0.1) is 0 Å². The Kier molecular flexibility index (Phi) is 6.17.